The molecule has 0 heterocycles. The zero-order valence-corrected chi connectivity index (χ0v) is 14.0. The molecule has 0 radical (unpaired) electrons. The Bertz CT molecular complexity index is 323. The average Bonchev–Trinajstić information content (AvgIpc) is 2.34. The van der Waals surface area contributed by atoms with Gasteiger partial charge in [-0.15, -0.1) is 0 Å². The van der Waals surface area contributed by atoms with E-state index < -0.39 is 12.2 Å². The van der Waals surface area contributed by atoms with Gasteiger partial charge in [0, 0.05) is 6.54 Å². The molecule has 0 saturated carbocycles. The standard InChI is InChI=1S/C15H29NO5/c1-11(2)12(3)21-14(18)19-9-7-8-16-13(17)20-10-15(4,5)6/h11-12H,7-10H2,1-6H3,(H,16,17). The van der Waals surface area contributed by atoms with Crippen molar-refractivity contribution in [3.05, 3.63) is 0 Å². The minimum Gasteiger partial charge on any atom is -0.449 e. The first-order valence-corrected chi connectivity index (χ1v) is 7.36. The van der Waals surface area contributed by atoms with Crippen LogP contribution in [0.15, 0.2) is 0 Å². The number of nitrogens with one attached hydrogen (secondary N) is 1. The molecule has 21 heavy (non-hydrogen) atoms. The monoisotopic (exact) mass is 303 g/mol. The molecular weight excluding hydrogens is 274 g/mol. The van der Waals surface area contributed by atoms with Crippen LogP contribution < -0.4 is 5.32 Å². The third-order valence-electron chi connectivity index (χ3n) is 2.67. The summed E-state index contributed by atoms with van der Waals surface area (Å²) in [6, 6.07) is 0. The lowest BCUT2D eigenvalue weighted by Crippen LogP contribution is -2.29. The Morgan fingerprint density at radius 2 is 1.71 bits per heavy atom. The highest BCUT2D eigenvalue weighted by Gasteiger charge is 2.14. The molecule has 0 rings (SSSR count). The predicted octanol–water partition coefficient (Wildman–Crippen LogP) is 3.35. The van der Waals surface area contributed by atoms with Crippen LogP contribution in [0, 0.1) is 11.3 Å². The first-order valence-electron chi connectivity index (χ1n) is 7.36. The molecule has 0 aliphatic carbocycles. The van der Waals surface area contributed by atoms with Crippen LogP contribution in [-0.2, 0) is 14.2 Å². The van der Waals surface area contributed by atoms with Crippen molar-refractivity contribution in [2.45, 2.75) is 54.1 Å². The van der Waals surface area contributed by atoms with Gasteiger partial charge in [-0.1, -0.05) is 34.6 Å². The van der Waals surface area contributed by atoms with E-state index in [9.17, 15) is 9.59 Å². The summed E-state index contributed by atoms with van der Waals surface area (Å²) in [6.07, 6.45) is -0.800. The van der Waals surface area contributed by atoms with Crippen LogP contribution >= 0.6 is 0 Å². The molecule has 1 amide bonds. The lowest BCUT2D eigenvalue weighted by molar-refractivity contribution is 0.0143. The second-order valence-corrected chi connectivity index (χ2v) is 6.58. The van der Waals surface area contributed by atoms with Crippen LogP contribution in [0.1, 0.15) is 48.0 Å². The maximum atomic E-state index is 11.3. The van der Waals surface area contributed by atoms with Gasteiger partial charge >= 0.3 is 12.2 Å². The van der Waals surface area contributed by atoms with Gasteiger partial charge in [-0.05, 0) is 24.7 Å². The molecule has 124 valence electrons. The number of alkyl carbamates (subject to hydrolysis) is 1. The first kappa shape index (κ1) is 19.5. The fraction of sp³-hybridized carbons (Fsp3) is 0.867. The van der Waals surface area contributed by atoms with E-state index in [1.807, 2.05) is 41.5 Å². The predicted molar refractivity (Wildman–Crippen MR) is 80.2 cm³/mol. The molecule has 0 saturated heterocycles. The van der Waals surface area contributed by atoms with Gasteiger partial charge in [0.1, 0.15) is 6.10 Å². The van der Waals surface area contributed by atoms with Crippen molar-refractivity contribution in [2.75, 3.05) is 19.8 Å². The summed E-state index contributed by atoms with van der Waals surface area (Å²) in [7, 11) is 0. The zero-order chi connectivity index (χ0) is 16.5. The highest BCUT2D eigenvalue weighted by Crippen LogP contribution is 2.12. The minimum atomic E-state index is -0.675. The van der Waals surface area contributed by atoms with Crippen molar-refractivity contribution in [3.8, 4) is 0 Å². The van der Waals surface area contributed by atoms with Gasteiger partial charge < -0.3 is 19.5 Å². The maximum Gasteiger partial charge on any atom is 0.508 e. The van der Waals surface area contributed by atoms with Crippen LogP contribution in [-0.4, -0.2) is 38.1 Å². The number of rotatable bonds is 7. The van der Waals surface area contributed by atoms with Gasteiger partial charge in [0.05, 0.1) is 13.2 Å². The number of hydrogen-bond donors (Lipinski definition) is 1. The third kappa shape index (κ3) is 12.0. The Labute approximate surface area is 127 Å². The summed E-state index contributed by atoms with van der Waals surface area (Å²) in [6.45, 7) is 12.6. The zero-order valence-electron chi connectivity index (χ0n) is 14.0. The Morgan fingerprint density at radius 1 is 1.10 bits per heavy atom. The molecule has 1 N–H and O–H groups in total. The fourth-order valence-electron chi connectivity index (χ4n) is 1.07. The molecule has 0 aromatic carbocycles. The van der Waals surface area contributed by atoms with Crippen molar-refractivity contribution in [2.24, 2.45) is 11.3 Å². The molecule has 0 aliphatic rings. The Morgan fingerprint density at radius 3 is 2.24 bits per heavy atom. The Hall–Kier alpha value is -1.46. The fourth-order valence-corrected chi connectivity index (χ4v) is 1.07. The van der Waals surface area contributed by atoms with Gasteiger partial charge in [-0.25, -0.2) is 9.59 Å². The Kier molecular flexibility index (Phi) is 8.81. The Balaban J connectivity index is 3.59. The summed E-state index contributed by atoms with van der Waals surface area (Å²) >= 11 is 0. The van der Waals surface area contributed by atoms with Crippen LogP contribution in [0.4, 0.5) is 9.59 Å². The number of carbonyl (C=O) groups is 2. The van der Waals surface area contributed by atoms with Crippen molar-refractivity contribution in [1.29, 1.82) is 0 Å². The van der Waals surface area contributed by atoms with Crippen LogP contribution in [0.2, 0.25) is 0 Å². The molecule has 1 atom stereocenters. The van der Waals surface area contributed by atoms with Crippen LogP contribution in [0.25, 0.3) is 0 Å². The van der Waals surface area contributed by atoms with Crippen LogP contribution in [0.5, 0.6) is 0 Å². The third-order valence-corrected chi connectivity index (χ3v) is 2.67. The molecule has 1 unspecified atom stereocenters. The highest BCUT2D eigenvalue weighted by molar-refractivity contribution is 5.67. The number of hydrogen-bond acceptors (Lipinski definition) is 5. The van der Waals surface area contributed by atoms with E-state index in [0.717, 1.165) is 0 Å². The van der Waals surface area contributed by atoms with Gasteiger partial charge in [-0.3, -0.25) is 0 Å². The van der Waals surface area contributed by atoms with E-state index in [1.54, 1.807) is 0 Å². The lowest BCUT2D eigenvalue weighted by Gasteiger charge is -2.18. The topological polar surface area (TPSA) is 73.9 Å². The van der Waals surface area contributed by atoms with Crippen molar-refractivity contribution >= 4 is 12.2 Å². The highest BCUT2D eigenvalue weighted by atomic mass is 16.7. The number of ether oxygens (including phenoxy) is 3. The van der Waals surface area contributed by atoms with E-state index >= 15 is 0 Å². The second-order valence-electron chi connectivity index (χ2n) is 6.58. The normalized spacial score (nSPS) is 12.7. The molecule has 0 aromatic rings. The quantitative estimate of drug-likeness (QED) is 0.576. The second kappa shape index (κ2) is 9.47. The van der Waals surface area contributed by atoms with Crippen LogP contribution in [0.3, 0.4) is 0 Å². The summed E-state index contributed by atoms with van der Waals surface area (Å²) < 4.78 is 15.0. The maximum absolute atomic E-state index is 11.3. The molecule has 0 aliphatic heterocycles. The number of amides is 1. The van der Waals surface area contributed by atoms with Gasteiger partial charge in [0.25, 0.3) is 0 Å². The SMILES string of the molecule is CC(C)C(C)OC(=O)OCCCNC(=O)OCC(C)(C)C. The lowest BCUT2D eigenvalue weighted by atomic mass is 9.99. The smallest absolute Gasteiger partial charge is 0.449 e. The van der Waals surface area contributed by atoms with E-state index in [0.29, 0.717) is 19.6 Å². The minimum absolute atomic E-state index is 0.0582. The molecule has 6 heteroatoms. The van der Waals surface area contributed by atoms with E-state index in [4.69, 9.17) is 14.2 Å². The molecule has 0 spiro atoms. The molecule has 6 nitrogen and oxygen atoms in total. The van der Waals surface area contributed by atoms with Gasteiger partial charge in [0.15, 0.2) is 0 Å². The van der Waals surface area contributed by atoms with Crippen molar-refractivity contribution in [1.82, 2.24) is 5.32 Å². The van der Waals surface area contributed by atoms with Crippen molar-refractivity contribution in [3.63, 3.8) is 0 Å². The van der Waals surface area contributed by atoms with Gasteiger partial charge in [-0.2, -0.15) is 0 Å². The summed E-state index contributed by atoms with van der Waals surface area (Å²) in [5, 5.41) is 2.59. The largest absolute Gasteiger partial charge is 0.508 e. The van der Waals surface area contributed by atoms with Crippen molar-refractivity contribution < 1.29 is 23.8 Å². The van der Waals surface area contributed by atoms with E-state index in [1.165, 1.54) is 0 Å². The summed E-state index contributed by atoms with van der Waals surface area (Å²) in [4.78, 5) is 22.7. The molecule has 0 aromatic heterocycles. The van der Waals surface area contributed by atoms with E-state index in [2.05, 4.69) is 5.32 Å². The molecule has 0 fully saturated rings. The molecule has 0 bridgehead atoms. The summed E-state index contributed by atoms with van der Waals surface area (Å²) in [5.41, 5.74) is -0.0582. The van der Waals surface area contributed by atoms with Gasteiger partial charge in [0.2, 0.25) is 0 Å². The first-order chi connectivity index (χ1) is 9.61. The molecular formula is C15H29NO5. The number of carbonyl (C=O) groups excluding carboxylic acids is 2. The summed E-state index contributed by atoms with van der Waals surface area (Å²) in [5.74, 6) is 0.247. The van der Waals surface area contributed by atoms with E-state index in [-0.39, 0.29) is 24.0 Å². The average molecular weight is 303 g/mol.